The largest absolute Gasteiger partial charge is 0.330 e. The fraction of sp³-hybridized carbons (Fsp3) is 0.769. The lowest BCUT2D eigenvalue weighted by molar-refractivity contribution is 0.0822. The number of nitrogens with two attached hydrogens (primary N) is 1. The third kappa shape index (κ3) is 2.00. The lowest BCUT2D eigenvalue weighted by atomic mass is 9.87. The maximum absolute atomic E-state index is 5.98. The van der Waals surface area contributed by atoms with Crippen LogP contribution in [0.25, 0.3) is 0 Å². The van der Waals surface area contributed by atoms with Crippen LogP contribution in [-0.4, -0.2) is 33.8 Å². The van der Waals surface area contributed by atoms with Gasteiger partial charge in [-0.3, -0.25) is 9.58 Å². The van der Waals surface area contributed by atoms with E-state index >= 15 is 0 Å². The average molecular weight is 234 g/mol. The number of aryl methyl sites for hydroxylation is 1. The average Bonchev–Trinajstić information content (AvgIpc) is 3.11. The number of piperidine rings is 1. The highest BCUT2D eigenvalue weighted by molar-refractivity contribution is 5.12. The van der Waals surface area contributed by atoms with Gasteiger partial charge in [0.15, 0.2) is 0 Å². The summed E-state index contributed by atoms with van der Waals surface area (Å²) in [4.78, 5) is 2.68. The van der Waals surface area contributed by atoms with Gasteiger partial charge in [0.05, 0.1) is 11.7 Å². The Labute approximate surface area is 103 Å². The number of nitrogens with zero attached hydrogens (tertiary/aromatic N) is 3. The van der Waals surface area contributed by atoms with Crippen LogP contribution in [-0.2, 0) is 7.05 Å². The van der Waals surface area contributed by atoms with E-state index in [9.17, 15) is 0 Å². The molecule has 1 saturated heterocycles. The molecule has 0 aromatic carbocycles. The molecule has 1 aliphatic carbocycles. The number of hydrogen-bond donors (Lipinski definition) is 1. The van der Waals surface area contributed by atoms with Crippen molar-refractivity contribution in [2.75, 3.05) is 13.1 Å². The summed E-state index contributed by atoms with van der Waals surface area (Å²) in [6.07, 6.45) is 7.20. The summed E-state index contributed by atoms with van der Waals surface area (Å²) in [6, 6.07) is 3.46. The molecule has 0 bridgehead atoms. The van der Waals surface area contributed by atoms with Gasteiger partial charge in [0.1, 0.15) is 0 Å². The zero-order chi connectivity index (χ0) is 11.8. The monoisotopic (exact) mass is 234 g/mol. The molecular weight excluding hydrogens is 212 g/mol. The highest BCUT2D eigenvalue weighted by Crippen LogP contribution is 2.42. The van der Waals surface area contributed by atoms with Gasteiger partial charge in [-0.15, -0.1) is 0 Å². The SMILES string of the molecule is Cn1nccc1[C@@H]1[C@@H](CN)CCCN1C1CC1. The minimum absolute atomic E-state index is 0.494. The molecule has 0 radical (unpaired) electrons. The second kappa shape index (κ2) is 4.42. The fourth-order valence-electron chi connectivity index (χ4n) is 3.25. The molecule has 2 N–H and O–H groups in total. The molecule has 4 heteroatoms. The van der Waals surface area contributed by atoms with E-state index in [1.54, 1.807) is 0 Å². The maximum Gasteiger partial charge on any atom is 0.0560 e. The first-order chi connectivity index (χ1) is 8.31. The van der Waals surface area contributed by atoms with Crippen molar-refractivity contribution in [3.8, 4) is 0 Å². The van der Waals surface area contributed by atoms with Crippen LogP contribution < -0.4 is 5.73 Å². The lowest BCUT2D eigenvalue weighted by Gasteiger charge is -2.41. The summed E-state index contributed by atoms with van der Waals surface area (Å²) >= 11 is 0. The molecule has 17 heavy (non-hydrogen) atoms. The third-order valence-corrected chi connectivity index (χ3v) is 4.28. The summed E-state index contributed by atoms with van der Waals surface area (Å²) in [7, 11) is 2.04. The van der Waals surface area contributed by atoms with Crippen LogP contribution in [0.4, 0.5) is 0 Å². The van der Waals surface area contributed by atoms with Gasteiger partial charge in [0.2, 0.25) is 0 Å². The minimum Gasteiger partial charge on any atom is -0.330 e. The van der Waals surface area contributed by atoms with E-state index in [1.165, 1.54) is 37.9 Å². The molecule has 0 spiro atoms. The van der Waals surface area contributed by atoms with Crippen molar-refractivity contribution in [3.63, 3.8) is 0 Å². The van der Waals surface area contributed by atoms with Gasteiger partial charge in [-0.05, 0) is 50.8 Å². The Balaban J connectivity index is 1.91. The van der Waals surface area contributed by atoms with Gasteiger partial charge < -0.3 is 5.73 Å². The number of hydrogen-bond acceptors (Lipinski definition) is 3. The first kappa shape index (κ1) is 11.2. The topological polar surface area (TPSA) is 47.1 Å². The molecule has 1 aromatic heterocycles. The Morgan fingerprint density at radius 2 is 2.24 bits per heavy atom. The van der Waals surface area contributed by atoms with Crippen LogP contribution in [0.2, 0.25) is 0 Å². The minimum atomic E-state index is 0.494. The van der Waals surface area contributed by atoms with Crippen molar-refractivity contribution in [1.82, 2.24) is 14.7 Å². The van der Waals surface area contributed by atoms with E-state index in [4.69, 9.17) is 5.73 Å². The molecule has 0 amide bonds. The molecule has 2 fully saturated rings. The van der Waals surface area contributed by atoms with E-state index in [0.29, 0.717) is 12.0 Å². The summed E-state index contributed by atoms with van der Waals surface area (Å²) in [5.41, 5.74) is 7.32. The van der Waals surface area contributed by atoms with E-state index in [-0.39, 0.29) is 0 Å². The molecule has 2 heterocycles. The first-order valence-corrected chi connectivity index (χ1v) is 6.75. The van der Waals surface area contributed by atoms with E-state index in [0.717, 1.165) is 12.6 Å². The van der Waals surface area contributed by atoms with Gasteiger partial charge >= 0.3 is 0 Å². The van der Waals surface area contributed by atoms with Crippen molar-refractivity contribution >= 4 is 0 Å². The molecule has 2 aliphatic rings. The Morgan fingerprint density at radius 1 is 1.41 bits per heavy atom. The van der Waals surface area contributed by atoms with Gasteiger partial charge in [-0.1, -0.05) is 0 Å². The first-order valence-electron chi connectivity index (χ1n) is 6.75. The predicted molar refractivity (Wildman–Crippen MR) is 67.5 cm³/mol. The van der Waals surface area contributed by atoms with Crippen LogP contribution in [0.3, 0.4) is 0 Å². The van der Waals surface area contributed by atoms with Gasteiger partial charge in [0.25, 0.3) is 0 Å². The molecule has 0 unspecified atom stereocenters. The summed E-state index contributed by atoms with van der Waals surface area (Å²) < 4.78 is 2.02. The van der Waals surface area contributed by atoms with E-state index in [1.807, 2.05) is 17.9 Å². The lowest BCUT2D eigenvalue weighted by Crippen LogP contribution is -2.43. The van der Waals surface area contributed by atoms with Gasteiger partial charge in [-0.2, -0.15) is 5.10 Å². The number of likely N-dealkylation sites (tertiary alicyclic amines) is 1. The van der Waals surface area contributed by atoms with Crippen molar-refractivity contribution in [2.45, 2.75) is 37.8 Å². The molecule has 2 atom stereocenters. The van der Waals surface area contributed by atoms with Crippen molar-refractivity contribution in [2.24, 2.45) is 18.7 Å². The molecule has 3 rings (SSSR count). The second-order valence-corrected chi connectivity index (χ2v) is 5.43. The fourth-order valence-corrected chi connectivity index (χ4v) is 3.25. The third-order valence-electron chi connectivity index (χ3n) is 4.28. The quantitative estimate of drug-likeness (QED) is 0.857. The van der Waals surface area contributed by atoms with Crippen LogP contribution in [0.1, 0.15) is 37.4 Å². The van der Waals surface area contributed by atoms with Crippen LogP contribution in [0, 0.1) is 5.92 Å². The van der Waals surface area contributed by atoms with E-state index in [2.05, 4.69) is 16.1 Å². The molecule has 94 valence electrons. The zero-order valence-corrected chi connectivity index (χ0v) is 10.5. The van der Waals surface area contributed by atoms with Crippen LogP contribution >= 0.6 is 0 Å². The summed E-state index contributed by atoms with van der Waals surface area (Å²) in [6.45, 7) is 2.02. The standard InChI is InChI=1S/C13H22N4/c1-16-12(6-7-15-16)13-10(9-14)3-2-8-17(13)11-4-5-11/h6-7,10-11,13H,2-5,8-9,14H2,1H3/t10-,13+/m1/s1. The summed E-state index contributed by atoms with van der Waals surface area (Å²) in [5.74, 6) is 0.597. The normalized spacial score (nSPS) is 30.7. The molecule has 1 aliphatic heterocycles. The number of aromatic nitrogens is 2. The molecule has 1 saturated carbocycles. The highest BCUT2D eigenvalue weighted by atomic mass is 15.3. The molecule has 4 nitrogen and oxygen atoms in total. The zero-order valence-electron chi connectivity index (χ0n) is 10.5. The van der Waals surface area contributed by atoms with Gasteiger partial charge in [-0.25, -0.2) is 0 Å². The Bertz CT molecular complexity index is 383. The van der Waals surface area contributed by atoms with Crippen LogP contribution in [0.15, 0.2) is 12.3 Å². The maximum atomic E-state index is 5.98. The van der Waals surface area contributed by atoms with Crippen LogP contribution in [0.5, 0.6) is 0 Å². The molecule has 1 aromatic rings. The van der Waals surface area contributed by atoms with E-state index < -0.39 is 0 Å². The predicted octanol–water partition coefficient (Wildman–Crippen LogP) is 1.29. The Kier molecular flexibility index (Phi) is 2.92. The van der Waals surface area contributed by atoms with Crippen molar-refractivity contribution in [3.05, 3.63) is 18.0 Å². The molecular formula is C13H22N4. The summed E-state index contributed by atoms with van der Waals surface area (Å²) in [5, 5.41) is 4.32. The Morgan fingerprint density at radius 3 is 2.82 bits per heavy atom. The van der Waals surface area contributed by atoms with Crippen molar-refractivity contribution < 1.29 is 0 Å². The Hall–Kier alpha value is -0.870. The van der Waals surface area contributed by atoms with Gasteiger partial charge in [0, 0.05) is 19.3 Å². The highest BCUT2D eigenvalue weighted by Gasteiger charge is 2.40. The number of rotatable bonds is 3. The van der Waals surface area contributed by atoms with Crippen molar-refractivity contribution in [1.29, 1.82) is 0 Å². The smallest absolute Gasteiger partial charge is 0.0560 e. The second-order valence-electron chi connectivity index (χ2n) is 5.43.